The van der Waals surface area contributed by atoms with E-state index in [0.717, 1.165) is 0 Å². The van der Waals surface area contributed by atoms with Crippen LogP contribution >= 0.6 is 11.6 Å². The van der Waals surface area contributed by atoms with E-state index in [1.807, 2.05) is 18.2 Å². The van der Waals surface area contributed by atoms with Crippen LogP contribution in [-0.2, 0) is 0 Å². The number of benzene rings is 1. The Balaban J connectivity index is 2.50. The van der Waals surface area contributed by atoms with E-state index < -0.39 is 5.56 Å². The molecule has 0 saturated carbocycles. The van der Waals surface area contributed by atoms with E-state index in [2.05, 4.69) is 0 Å². The quantitative estimate of drug-likeness (QED) is 0.595. The van der Waals surface area contributed by atoms with Crippen LogP contribution in [0.2, 0.25) is 0 Å². The van der Waals surface area contributed by atoms with Crippen molar-refractivity contribution in [2.75, 3.05) is 0 Å². The van der Waals surface area contributed by atoms with Gasteiger partial charge in [-0.1, -0.05) is 41.9 Å². The summed E-state index contributed by atoms with van der Waals surface area (Å²) in [6.07, 6.45) is 0.587. The molecule has 1 atom stereocenters. The number of aliphatic hydroxyl groups excluding tert-OH is 1. The first-order chi connectivity index (χ1) is 6.20. The number of hydrogen-bond acceptors (Lipinski definition) is 2. The molecule has 0 spiro atoms. The van der Waals surface area contributed by atoms with E-state index in [1.165, 1.54) is 0 Å². The molecule has 70 valence electrons. The van der Waals surface area contributed by atoms with Crippen molar-refractivity contribution in [2.24, 2.45) is 0 Å². The molecule has 0 amide bonds. The van der Waals surface area contributed by atoms with Crippen LogP contribution in [0.3, 0.4) is 0 Å². The minimum Gasteiger partial charge on any atom is -0.378 e. The van der Waals surface area contributed by atoms with Gasteiger partial charge < -0.3 is 5.11 Å². The molecule has 0 aliphatic carbocycles. The van der Waals surface area contributed by atoms with Gasteiger partial charge in [0.1, 0.15) is 5.56 Å². The molecule has 0 heterocycles. The third kappa shape index (κ3) is 3.57. The van der Waals surface area contributed by atoms with Crippen molar-refractivity contribution in [1.82, 2.24) is 0 Å². The first-order valence-electron chi connectivity index (χ1n) is 4.10. The van der Waals surface area contributed by atoms with Crippen molar-refractivity contribution in [3.8, 4) is 0 Å². The van der Waals surface area contributed by atoms with Gasteiger partial charge in [0.25, 0.3) is 0 Å². The van der Waals surface area contributed by atoms with Crippen LogP contribution in [0.5, 0.6) is 0 Å². The maximum Gasteiger partial charge on any atom is 0.163 e. The zero-order chi connectivity index (χ0) is 9.68. The Morgan fingerprint density at radius 3 is 2.54 bits per heavy atom. The molecule has 1 N–H and O–H groups in total. The van der Waals surface area contributed by atoms with Gasteiger partial charge in [0.2, 0.25) is 0 Å². The van der Waals surface area contributed by atoms with Gasteiger partial charge in [-0.15, -0.1) is 0 Å². The summed E-state index contributed by atoms with van der Waals surface area (Å²) in [4.78, 5) is 11.4. The molecule has 0 radical (unpaired) electrons. The second-order valence-corrected chi connectivity index (χ2v) is 3.27. The summed E-state index contributed by atoms with van der Waals surface area (Å²) in [5.74, 6) is 0.0142. The van der Waals surface area contributed by atoms with Crippen LogP contribution in [0.4, 0.5) is 0 Å². The topological polar surface area (TPSA) is 37.3 Å². The number of alkyl halides is 1. The number of Topliss-reactive ketones (excluding diaryl/α,β-unsaturated/α-hetero) is 1. The summed E-state index contributed by atoms with van der Waals surface area (Å²) in [5, 5.41) is 8.76. The van der Waals surface area contributed by atoms with Gasteiger partial charge in [-0.05, 0) is 6.42 Å². The molecule has 2 nitrogen and oxygen atoms in total. The van der Waals surface area contributed by atoms with Gasteiger partial charge in [0.05, 0.1) is 0 Å². The molecule has 13 heavy (non-hydrogen) atoms. The zero-order valence-electron chi connectivity index (χ0n) is 7.11. The first-order valence-corrected chi connectivity index (χ1v) is 4.54. The molecule has 0 aliphatic rings. The molecule has 0 aromatic heterocycles. The monoisotopic (exact) mass is 198 g/mol. The second-order valence-electron chi connectivity index (χ2n) is 2.76. The lowest BCUT2D eigenvalue weighted by atomic mass is 10.1. The number of rotatable bonds is 4. The Kier molecular flexibility index (Phi) is 3.93. The van der Waals surface area contributed by atoms with Crippen molar-refractivity contribution in [2.45, 2.75) is 18.4 Å². The van der Waals surface area contributed by atoms with E-state index in [9.17, 15) is 4.79 Å². The molecule has 1 unspecified atom stereocenters. The van der Waals surface area contributed by atoms with Crippen LogP contribution in [0, 0.1) is 0 Å². The Labute approximate surface area is 82.2 Å². The zero-order valence-corrected chi connectivity index (χ0v) is 7.87. The lowest BCUT2D eigenvalue weighted by Gasteiger charge is -2.01. The molecular weight excluding hydrogens is 188 g/mol. The van der Waals surface area contributed by atoms with Gasteiger partial charge in [-0.3, -0.25) is 4.79 Å². The molecule has 1 rings (SSSR count). The number of carbonyl (C=O) groups is 1. The van der Waals surface area contributed by atoms with E-state index >= 15 is 0 Å². The normalized spacial score (nSPS) is 12.5. The first kappa shape index (κ1) is 10.2. The fourth-order valence-electron chi connectivity index (χ4n) is 1.02. The summed E-state index contributed by atoms with van der Waals surface area (Å²) in [6.45, 7) is 0. The van der Waals surface area contributed by atoms with E-state index in [4.69, 9.17) is 16.7 Å². The predicted molar refractivity (Wildman–Crippen MR) is 51.9 cm³/mol. The van der Waals surface area contributed by atoms with Gasteiger partial charge in [0.15, 0.2) is 5.78 Å². The summed E-state index contributed by atoms with van der Waals surface area (Å²) in [6, 6.07) is 8.98. The maximum absolute atomic E-state index is 11.4. The number of ketones is 1. The average Bonchev–Trinajstić information content (AvgIpc) is 2.15. The van der Waals surface area contributed by atoms with Crippen LogP contribution < -0.4 is 0 Å². The average molecular weight is 199 g/mol. The summed E-state index contributed by atoms with van der Waals surface area (Å²) < 4.78 is 0. The summed E-state index contributed by atoms with van der Waals surface area (Å²) in [7, 11) is 0. The van der Waals surface area contributed by atoms with Gasteiger partial charge in [-0.2, -0.15) is 0 Å². The third-order valence-electron chi connectivity index (χ3n) is 1.71. The van der Waals surface area contributed by atoms with Crippen molar-refractivity contribution < 1.29 is 9.90 Å². The minimum absolute atomic E-state index is 0.0142. The number of aliphatic hydroxyl groups is 1. The smallest absolute Gasteiger partial charge is 0.163 e. The number of carbonyl (C=O) groups excluding carboxylic acids is 1. The Bertz CT molecular complexity index is 270. The molecule has 0 saturated heterocycles. The standard InChI is InChI=1S/C10H11ClO2/c11-10(13)7-6-9(12)8-4-2-1-3-5-8/h1-5,10,13H,6-7H2. The SMILES string of the molecule is O=C(CCC(O)Cl)c1ccccc1. The largest absolute Gasteiger partial charge is 0.378 e. The number of halogens is 1. The van der Waals surface area contributed by atoms with E-state index in [0.29, 0.717) is 12.0 Å². The van der Waals surface area contributed by atoms with Crippen LogP contribution in [0.1, 0.15) is 23.2 Å². The van der Waals surface area contributed by atoms with Crippen LogP contribution in [0.15, 0.2) is 30.3 Å². The Hall–Kier alpha value is -0.860. The Morgan fingerprint density at radius 1 is 1.38 bits per heavy atom. The highest BCUT2D eigenvalue weighted by atomic mass is 35.5. The molecule has 0 fully saturated rings. The van der Waals surface area contributed by atoms with Gasteiger partial charge in [0, 0.05) is 12.0 Å². The summed E-state index contributed by atoms with van der Waals surface area (Å²) in [5.41, 5.74) is -0.257. The van der Waals surface area contributed by atoms with Crippen molar-refractivity contribution >= 4 is 17.4 Å². The maximum atomic E-state index is 11.4. The molecule has 1 aromatic carbocycles. The molecule has 0 bridgehead atoms. The molecule has 1 aromatic rings. The van der Waals surface area contributed by atoms with Crippen LogP contribution in [-0.4, -0.2) is 16.5 Å². The molecule has 3 heteroatoms. The van der Waals surface area contributed by atoms with Crippen LogP contribution in [0.25, 0.3) is 0 Å². The lowest BCUT2D eigenvalue weighted by molar-refractivity contribution is 0.0965. The second kappa shape index (κ2) is 5.00. The highest BCUT2D eigenvalue weighted by Crippen LogP contribution is 2.08. The highest BCUT2D eigenvalue weighted by Gasteiger charge is 2.06. The van der Waals surface area contributed by atoms with Gasteiger partial charge in [-0.25, -0.2) is 0 Å². The summed E-state index contributed by atoms with van der Waals surface area (Å²) >= 11 is 5.31. The number of hydrogen-bond donors (Lipinski definition) is 1. The van der Waals surface area contributed by atoms with E-state index in [1.54, 1.807) is 12.1 Å². The lowest BCUT2D eigenvalue weighted by Crippen LogP contribution is -2.03. The minimum atomic E-state index is -0.923. The fraction of sp³-hybridized carbons (Fsp3) is 0.300. The molecule has 0 aliphatic heterocycles. The predicted octanol–water partition coefficient (Wildman–Crippen LogP) is 2.21. The third-order valence-corrected chi connectivity index (χ3v) is 1.92. The highest BCUT2D eigenvalue weighted by molar-refractivity contribution is 6.19. The van der Waals surface area contributed by atoms with Gasteiger partial charge >= 0.3 is 0 Å². The van der Waals surface area contributed by atoms with Crippen molar-refractivity contribution in [3.63, 3.8) is 0 Å². The fourth-order valence-corrected chi connectivity index (χ4v) is 1.13. The molecular formula is C10H11ClO2. The Morgan fingerprint density at radius 2 is 2.00 bits per heavy atom. The van der Waals surface area contributed by atoms with Crippen molar-refractivity contribution in [1.29, 1.82) is 0 Å². The van der Waals surface area contributed by atoms with Crippen molar-refractivity contribution in [3.05, 3.63) is 35.9 Å². The van der Waals surface area contributed by atoms with E-state index in [-0.39, 0.29) is 12.2 Å².